The fraction of sp³-hybridized carbons (Fsp3) is 0.778. The number of aromatic nitrogens is 1. The lowest BCUT2D eigenvalue weighted by atomic mass is 9.33. The van der Waals surface area contributed by atoms with Gasteiger partial charge in [-0.1, -0.05) is 53.6 Å². The van der Waals surface area contributed by atoms with Crippen LogP contribution in [0.5, 0.6) is 0 Å². The summed E-state index contributed by atoms with van der Waals surface area (Å²) < 4.78 is 11.2. The maximum absolute atomic E-state index is 14.2. The molecule has 0 aromatic carbocycles. The number of hydrogen-bond donors (Lipinski definition) is 1. The molecule has 7 nitrogen and oxygen atoms in total. The summed E-state index contributed by atoms with van der Waals surface area (Å²) in [6.07, 6.45) is 8.16. The minimum absolute atomic E-state index is 0.0187. The Bertz CT molecular complexity index is 1390. The molecular formula is C36H52N2O5. The van der Waals surface area contributed by atoms with Crippen LogP contribution in [0.15, 0.2) is 21.7 Å². The maximum atomic E-state index is 14.2. The summed E-state index contributed by atoms with van der Waals surface area (Å²) in [5, 5.41) is 7.09. The molecule has 43 heavy (non-hydrogen) atoms. The molecule has 1 aromatic heterocycles. The molecule has 7 heteroatoms. The van der Waals surface area contributed by atoms with Crippen LogP contribution in [0.3, 0.4) is 0 Å². The fourth-order valence-electron chi connectivity index (χ4n) is 11.9. The molecule has 4 fully saturated rings. The Morgan fingerprint density at radius 3 is 2.33 bits per heavy atom. The van der Waals surface area contributed by atoms with Crippen molar-refractivity contribution in [3.8, 4) is 0 Å². The zero-order valence-corrected chi connectivity index (χ0v) is 27.8. The number of fused-ring (bicyclic) bond motifs is 7. The number of nitrogens with zero attached hydrogens (tertiary/aromatic N) is 1. The van der Waals surface area contributed by atoms with Gasteiger partial charge in [-0.15, -0.1) is 0 Å². The van der Waals surface area contributed by atoms with Crippen LogP contribution in [0.1, 0.15) is 119 Å². The highest BCUT2D eigenvalue weighted by Gasteiger charge is 2.71. The molecule has 0 saturated heterocycles. The van der Waals surface area contributed by atoms with Crippen molar-refractivity contribution in [3.63, 3.8) is 0 Å². The van der Waals surface area contributed by atoms with E-state index in [9.17, 15) is 14.4 Å². The molecule has 6 rings (SSSR count). The second-order valence-electron chi connectivity index (χ2n) is 16.5. The number of nitrogens with one attached hydrogen (secondary N) is 1. The number of ether oxygens (including phenoxy) is 1. The van der Waals surface area contributed by atoms with Crippen LogP contribution in [0.4, 0.5) is 5.82 Å². The van der Waals surface area contributed by atoms with Crippen molar-refractivity contribution in [3.05, 3.63) is 23.0 Å². The normalized spacial score (nSPS) is 41.7. The van der Waals surface area contributed by atoms with Crippen molar-refractivity contribution in [1.29, 1.82) is 0 Å². The summed E-state index contributed by atoms with van der Waals surface area (Å²) >= 11 is 0. The van der Waals surface area contributed by atoms with E-state index in [2.05, 4.69) is 58.9 Å². The fourth-order valence-corrected chi connectivity index (χ4v) is 11.9. The van der Waals surface area contributed by atoms with Gasteiger partial charge in [-0.05, 0) is 109 Å². The Morgan fingerprint density at radius 2 is 1.70 bits per heavy atom. The number of aryl methyl sites for hydroxylation is 1. The second-order valence-corrected chi connectivity index (χ2v) is 16.5. The highest BCUT2D eigenvalue weighted by Crippen LogP contribution is 2.76. The van der Waals surface area contributed by atoms with E-state index < -0.39 is 5.41 Å². The first-order valence-corrected chi connectivity index (χ1v) is 16.7. The monoisotopic (exact) mass is 592 g/mol. The summed E-state index contributed by atoms with van der Waals surface area (Å²) in [4.78, 5) is 40.0. The second kappa shape index (κ2) is 9.78. The largest absolute Gasteiger partial charge is 0.462 e. The predicted octanol–water partition coefficient (Wildman–Crippen LogP) is 7.83. The minimum Gasteiger partial charge on any atom is -0.462 e. The number of allylic oxidation sites excluding steroid dienone is 1. The van der Waals surface area contributed by atoms with Gasteiger partial charge in [0.2, 0.25) is 5.91 Å². The number of esters is 1. The van der Waals surface area contributed by atoms with E-state index >= 15 is 0 Å². The van der Waals surface area contributed by atoms with Crippen LogP contribution < -0.4 is 5.32 Å². The Labute approximate surface area is 257 Å². The van der Waals surface area contributed by atoms with Crippen LogP contribution in [0.25, 0.3) is 0 Å². The van der Waals surface area contributed by atoms with Gasteiger partial charge >= 0.3 is 5.97 Å². The third-order valence-corrected chi connectivity index (χ3v) is 14.0. The molecule has 5 aliphatic carbocycles. The average Bonchev–Trinajstić information content (AvgIpc) is 3.46. The quantitative estimate of drug-likeness (QED) is 0.358. The number of carbonyl (C=O) groups is 3. The van der Waals surface area contributed by atoms with E-state index in [4.69, 9.17) is 9.26 Å². The van der Waals surface area contributed by atoms with Crippen molar-refractivity contribution >= 4 is 23.5 Å². The van der Waals surface area contributed by atoms with Gasteiger partial charge in [0, 0.05) is 24.8 Å². The van der Waals surface area contributed by atoms with Crippen molar-refractivity contribution < 1.29 is 23.6 Å². The van der Waals surface area contributed by atoms with Gasteiger partial charge in [0.15, 0.2) is 11.6 Å². The Kier molecular flexibility index (Phi) is 6.95. The third-order valence-electron chi connectivity index (χ3n) is 14.0. The van der Waals surface area contributed by atoms with Gasteiger partial charge in [-0.3, -0.25) is 14.4 Å². The van der Waals surface area contributed by atoms with Gasteiger partial charge in [-0.25, -0.2) is 0 Å². The first kappa shape index (κ1) is 30.6. The van der Waals surface area contributed by atoms with E-state index in [-0.39, 0.29) is 63.7 Å². The topological polar surface area (TPSA) is 98.5 Å². The standard InChI is InChI=1S/C36H52N2O5/c1-20(2)29-24(40)19-36(31(41)37-28-18-21(3)43-38-28)17-16-34(8)23(30(29)36)10-11-26-33(7)14-13-27(42-22(4)39)32(5,6)25(33)12-15-35(26,34)9/h18,20,23,25-27H,10-17,19H2,1-9H3,(H,37,38,41)/t23?,25?,26?,27-,33-,34+,35+,36+/m0/s1. The van der Waals surface area contributed by atoms with Crippen LogP contribution in [0, 0.1) is 57.7 Å². The summed E-state index contributed by atoms with van der Waals surface area (Å²) in [5.74, 6) is 2.22. The maximum Gasteiger partial charge on any atom is 0.302 e. The van der Waals surface area contributed by atoms with E-state index in [0.29, 0.717) is 29.8 Å². The highest BCUT2D eigenvalue weighted by molar-refractivity contribution is 6.09. The summed E-state index contributed by atoms with van der Waals surface area (Å²) in [5.41, 5.74) is 1.37. The van der Waals surface area contributed by atoms with Gasteiger partial charge in [0.05, 0.1) is 5.41 Å². The van der Waals surface area contributed by atoms with Crippen molar-refractivity contribution in [1.82, 2.24) is 5.16 Å². The van der Waals surface area contributed by atoms with E-state index in [0.717, 1.165) is 56.1 Å². The summed E-state index contributed by atoms with van der Waals surface area (Å²) in [7, 11) is 0. The van der Waals surface area contributed by atoms with Gasteiger partial charge in [0.1, 0.15) is 11.9 Å². The van der Waals surface area contributed by atoms with Crippen molar-refractivity contribution in [2.75, 3.05) is 5.32 Å². The van der Waals surface area contributed by atoms with E-state index in [1.807, 2.05) is 6.92 Å². The molecule has 1 aromatic rings. The van der Waals surface area contributed by atoms with Crippen molar-refractivity contribution in [2.24, 2.45) is 50.7 Å². The zero-order chi connectivity index (χ0) is 31.3. The number of ketones is 1. The number of amides is 1. The van der Waals surface area contributed by atoms with Crippen molar-refractivity contribution in [2.45, 2.75) is 126 Å². The SMILES string of the molecule is CC(=O)O[C@H]1CC[C@@]2(C)C(CC[C@]3(C)C2CCC2C4=C(C(C)C)C(=O)C[C@]4(C(=O)Nc4cc(C)on4)CC[C@]23C)C1(C)C. The summed E-state index contributed by atoms with van der Waals surface area (Å²) in [6, 6.07) is 1.74. The van der Waals surface area contributed by atoms with Crippen LogP contribution >= 0.6 is 0 Å². The molecule has 236 valence electrons. The molecule has 5 aliphatic rings. The van der Waals surface area contributed by atoms with E-state index in [1.165, 1.54) is 6.92 Å². The van der Waals surface area contributed by atoms with Gasteiger partial charge in [0.25, 0.3) is 0 Å². The Hall–Kier alpha value is -2.44. The lowest BCUT2D eigenvalue weighted by Crippen LogP contribution is -2.66. The number of anilines is 1. The zero-order valence-electron chi connectivity index (χ0n) is 27.8. The molecule has 1 N–H and O–H groups in total. The molecular weight excluding hydrogens is 540 g/mol. The minimum atomic E-state index is -0.817. The lowest BCUT2D eigenvalue weighted by Gasteiger charge is -2.72. The number of hydrogen-bond acceptors (Lipinski definition) is 6. The molecule has 1 heterocycles. The predicted molar refractivity (Wildman–Crippen MR) is 165 cm³/mol. The molecule has 0 bridgehead atoms. The molecule has 0 spiro atoms. The molecule has 8 atom stereocenters. The van der Waals surface area contributed by atoms with Crippen LogP contribution in [0.2, 0.25) is 0 Å². The van der Waals surface area contributed by atoms with E-state index in [1.54, 1.807) is 6.07 Å². The Balaban J connectivity index is 1.39. The number of carbonyl (C=O) groups excluding carboxylic acids is 3. The summed E-state index contributed by atoms with van der Waals surface area (Å²) in [6.45, 7) is 19.8. The van der Waals surface area contributed by atoms with Crippen LogP contribution in [-0.4, -0.2) is 28.9 Å². The molecule has 0 aliphatic heterocycles. The lowest BCUT2D eigenvalue weighted by molar-refractivity contribution is -0.232. The number of Topliss-reactive ketones (excluding diaryl/α,β-unsaturated/α-hetero) is 1. The molecule has 0 radical (unpaired) electrons. The molecule has 3 unspecified atom stereocenters. The van der Waals surface area contributed by atoms with Gasteiger partial charge < -0.3 is 14.6 Å². The number of rotatable bonds is 4. The first-order valence-electron chi connectivity index (χ1n) is 16.7. The highest BCUT2D eigenvalue weighted by atomic mass is 16.5. The average molecular weight is 593 g/mol. The molecule has 4 saturated carbocycles. The van der Waals surface area contributed by atoms with Gasteiger partial charge in [-0.2, -0.15) is 0 Å². The van der Waals surface area contributed by atoms with Crippen LogP contribution in [-0.2, 0) is 19.1 Å². The smallest absolute Gasteiger partial charge is 0.302 e. The third kappa shape index (κ3) is 4.11. The Morgan fingerprint density at radius 1 is 0.977 bits per heavy atom. The first-order chi connectivity index (χ1) is 20.0. The molecule has 1 amide bonds.